The smallest absolute Gasteiger partial charge is 0.227 e. The highest BCUT2D eigenvalue weighted by Gasteiger charge is 2.35. The van der Waals surface area contributed by atoms with E-state index in [4.69, 9.17) is 9.72 Å². The molecule has 0 bridgehead atoms. The SMILES string of the molecule is Cc1cccc(N2C[C@@H](c3nc4ccccc4n3C[C@H](O)COc3ccccc3C)CC2=O)c1. The van der Waals surface area contributed by atoms with Crippen LogP contribution in [0.25, 0.3) is 11.0 Å². The number of anilines is 1. The number of amides is 1. The van der Waals surface area contributed by atoms with Crippen molar-refractivity contribution in [1.82, 2.24) is 9.55 Å². The number of para-hydroxylation sites is 3. The number of aryl methyl sites for hydroxylation is 2. The van der Waals surface area contributed by atoms with Crippen LogP contribution in [0.3, 0.4) is 0 Å². The molecule has 1 amide bonds. The maximum absolute atomic E-state index is 12.9. The Balaban J connectivity index is 1.39. The average molecular weight is 456 g/mol. The van der Waals surface area contributed by atoms with Crippen molar-refractivity contribution in [1.29, 1.82) is 0 Å². The largest absolute Gasteiger partial charge is 0.491 e. The first-order valence-corrected chi connectivity index (χ1v) is 11.7. The Kier molecular flexibility index (Phi) is 6.07. The van der Waals surface area contributed by atoms with E-state index >= 15 is 0 Å². The number of rotatable bonds is 7. The quantitative estimate of drug-likeness (QED) is 0.442. The van der Waals surface area contributed by atoms with Gasteiger partial charge in [0.2, 0.25) is 5.91 Å². The monoisotopic (exact) mass is 455 g/mol. The summed E-state index contributed by atoms with van der Waals surface area (Å²) in [5.41, 5.74) is 4.89. The zero-order valence-corrected chi connectivity index (χ0v) is 19.5. The molecule has 1 aliphatic heterocycles. The molecule has 1 fully saturated rings. The Morgan fingerprint density at radius 2 is 1.85 bits per heavy atom. The van der Waals surface area contributed by atoms with Gasteiger partial charge in [-0.3, -0.25) is 4.79 Å². The summed E-state index contributed by atoms with van der Waals surface area (Å²) in [6.07, 6.45) is -0.325. The Morgan fingerprint density at radius 3 is 2.68 bits per heavy atom. The predicted octanol–water partition coefficient (Wildman–Crippen LogP) is 4.61. The van der Waals surface area contributed by atoms with Crippen molar-refractivity contribution in [3.63, 3.8) is 0 Å². The van der Waals surface area contributed by atoms with E-state index in [9.17, 15) is 9.90 Å². The highest BCUT2D eigenvalue weighted by molar-refractivity contribution is 5.96. The Hall–Kier alpha value is -3.64. The summed E-state index contributed by atoms with van der Waals surface area (Å²) < 4.78 is 7.94. The number of benzene rings is 3. The number of carbonyl (C=O) groups excluding carboxylic acids is 1. The fraction of sp³-hybridized carbons (Fsp3) is 0.286. The molecular weight excluding hydrogens is 426 g/mol. The van der Waals surface area contributed by atoms with Crippen molar-refractivity contribution in [3.05, 3.63) is 89.7 Å². The van der Waals surface area contributed by atoms with Crippen LogP contribution in [-0.4, -0.2) is 39.8 Å². The molecule has 34 heavy (non-hydrogen) atoms. The second kappa shape index (κ2) is 9.31. The maximum Gasteiger partial charge on any atom is 0.227 e. The molecule has 4 aromatic rings. The minimum absolute atomic E-state index is 0.0510. The fourth-order valence-electron chi connectivity index (χ4n) is 4.69. The van der Waals surface area contributed by atoms with E-state index in [2.05, 4.69) is 4.57 Å². The molecule has 1 N–H and O–H groups in total. The van der Waals surface area contributed by atoms with Crippen LogP contribution in [0.2, 0.25) is 0 Å². The van der Waals surface area contributed by atoms with E-state index in [0.717, 1.165) is 39.4 Å². The zero-order valence-electron chi connectivity index (χ0n) is 19.5. The van der Waals surface area contributed by atoms with Crippen LogP contribution in [0.5, 0.6) is 5.75 Å². The van der Waals surface area contributed by atoms with Crippen LogP contribution in [0.1, 0.15) is 29.3 Å². The predicted molar refractivity (Wildman–Crippen MR) is 133 cm³/mol. The van der Waals surface area contributed by atoms with Crippen molar-refractivity contribution in [2.24, 2.45) is 0 Å². The minimum Gasteiger partial charge on any atom is -0.491 e. The molecule has 0 unspecified atom stereocenters. The van der Waals surface area contributed by atoms with Crippen molar-refractivity contribution >= 4 is 22.6 Å². The third kappa shape index (κ3) is 4.41. The normalized spacial score (nSPS) is 16.9. The molecule has 0 spiro atoms. The van der Waals surface area contributed by atoms with Gasteiger partial charge in [-0.1, -0.05) is 42.5 Å². The average Bonchev–Trinajstić information content (AvgIpc) is 3.39. The van der Waals surface area contributed by atoms with Crippen LogP contribution in [0, 0.1) is 13.8 Å². The minimum atomic E-state index is -0.721. The molecule has 1 aromatic heterocycles. The molecule has 1 saturated heterocycles. The lowest BCUT2D eigenvalue weighted by Crippen LogP contribution is -2.26. The van der Waals surface area contributed by atoms with Crippen molar-refractivity contribution in [3.8, 4) is 5.75 Å². The second-order valence-electron chi connectivity index (χ2n) is 9.04. The lowest BCUT2D eigenvalue weighted by Gasteiger charge is -2.19. The van der Waals surface area contributed by atoms with E-state index in [1.807, 2.05) is 91.5 Å². The van der Waals surface area contributed by atoms with Gasteiger partial charge >= 0.3 is 0 Å². The number of hydrogen-bond acceptors (Lipinski definition) is 4. The lowest BCUT2D eigenvalue weighted by molar-refractivity contribution is -0.117. The molecule has 6 heteroatoms. The van der Waals surface area contributed by atoms with Crippen LogP contribution in [0.4, 0.5) is 5.69 Å². The number of aliphatic hydroxyl groups is 1. The van der Waals surface area contributed by atoms with E-state index < -0.39 is 6.10 Å². The molecule has 0 radical (unpaired) electrons. The summed E-state index contributed by atoms with van der Waals surface area (Å²) >= 11 is 0. The van der Waals surface area contributed by atoms with Crippen molar-refractivity contribution in [2.75, 3.05) is 18.1 Å². The van der Waals surface area contributed by atoms with Crippen LogP contribution >= 0.6 is 0 Å². The van der Waals surface area contributed by atoms with E-state index in [0.29, 0.717) is 19.5 Å². The van der Waals surface area contributed by atoms with Crippen molar-refractivity contribution in [2.45, 2.75) is 38.8 Å². The van der Waals surface area contributed by atoms with Gasteiger partial charge in [-0.2, -0.15) is 0 Å². The summed E-state index contributed by atoms with van der Waals surface area (Å²) in [5, 5.41) is 10.9. The molecular formula is C28H29N3O3. The molecule has 2 atom stereocenters. The molecule has 5 rings (SSSR count). The number of hydrogen-bond donors (Lipinski definition) is 1. The van der Waals surface area contributed by atoms with E-state index in [1.54, 1.807) is 0 Å². The second-order valence-corrected chi connectivity index (χ2v) is 9.04. The van der Waals surface area contributed by atoms with E-state index in [1.165, 1.54) is 0 Å². The first-order chi connectivity index (χ1) is 16.5. The number of nitrogens with zero attached hydrogens (tertiary/aromatic N) is 3. The van der Waals surface area contributed by atoms with Gasteiger partial charge in [0.25, 0.3) is 0 Å². The topological polar surface area (TPSA) is 67.6 Å². The number of carbonyl (C=O) groups is 1. The van der Waals surface area contributed by atoms with Crippen LogP contribution < -0.4 is 9.64 Å². The number of aliphatic hydroxyl groups excluding tert-OH is 1. The van der Waals surface area contributed by atoms with Gasteiger partial charge in [-0.25, -0.2) is 4.98 Å². The lowest BCUT2D eigenvalue weighted by atomic mass is 10.1. The summed E-state index contributed by atoms with van der Waals surface area (Å²) in [5.74, 6) is 1.65. The van der Waals surface area contributed by atoms with Crippen LogP contribution in [0.15, 0.2) is 72.8 Å². The Bertz CT molecular complexity index is 1330. The van der Waals surface area contributed by atoms with Crippen LogP contribution in [-0.2, 0) is 11.3 Å². The van der Waals surface area contributed by atoms with Gasteiger partial charge in [0, 0.05) is 24.6 Å². The Labute approximate surface area is 199 Å². The standard InChI is InChI=1S/C28H29N3O3/c1-19-8-7-10-22(14-19)30-16-21(15-27(30)33)28-29-24-11-4-5-12-25(24)31(28)17-23(32)18-34-26-13-6-3-9-20(26)2/h3-14,21,23,32H,15-18H2,1-2H3/t21-,23-/m0/s1. The van der Waals surface area contributed by atoms with Crippen molar-refractivity contribution < 1.29 is 14.6 Å². The summed E-state index contributed by atoms with van der Waals surface area (Å²) in [7, 11) is 0. The van der Waals surface area contributed by atoms with Gasteiger partial charge in [0.05, 0.1) is 17.6 Å². The molecule has 0 aliphatic carbocycles. The number of ether oxygens (including phenoxy) is 1. The zero-order chi connectivity index (χ0) is 23.7. The fourth-order valence-corrected chi connectivity index (χ4v) is 4.69. The number of fused-ring (bicyclic) bond motifs is 1. The third-order valence-corrected chi connectivity index (χ3v) is 6.41. The molecule has 0 saturated carbocycles. The summed E-state index contributed by atoms with van der Waals surface area (Å²) in [4.78, 5) is 19.7. The van der Waals surface area contributed by atoms with Gasteiger partial charge in [-0.05, 0) is 55.3 Å². The van der Waals surface area contributed by atoms with E-state index in [-0.39, 0.29) is 18.4 Å². The first-order valence-electron chi connectivity index (χ1n) is 11.7. The summed E-state index contributed by atoms with van der Waals surface area (Å²) in [6.45, 7) is 5.11. The first kappa shape index (κ1) is 22.2. The summed E-state index contributed by atoms with van der Waals surface area (Å²) in [6, 6.07) is 23.7. The number of imidazole rings is 1. The molecule has 1 aliphatic rings. The maximum atomic E-state index is 12.9. The molecule has 2 heterocycles. The van der Waals surface area contributed by atoms with Gasteiger partial charge < -0.3 is 19.3 Å². The van der Waals surface area contributed by atoms with Gasteiger partial charge in [0.1, 0.15) is 24.3 Å². The highest BCUT2D eigenvalue weighted by Crippen LogP contribution is 2.33. The molecule has 6 nitrogen and oxygen atoms in total. The Morgan fingerprint density at radius 1 is 1.06 bits per heavy atom. The third-order valence-electron chi connectivity index (χ3n) is 6.41. The highest BCUT2D eigenvalue weighted by atomic mass is 16.5. The molecule has 174 valence electrons. The van der Waals surface area contributed by atoms with Gasteiger partial charge in [-0.15, -0.1) is 0 Å². The van der Waals surface area contributed by atoms with Gasteiger partial charge in [0.15, 0.2) is 0 Å². The number of aromatic nitrogens is 2. The molecule has 3 aromatic carbocycles.